The average molecular weight is 363 g/mol. The van der Waals surface area contributed by atoms with Gasteiger partial charge in [-0.2, -0.15) is 0 Å². The maximum absolute atomic E-state index is 5.10. The fraction of sp³-hybridized carbons (Fsp3) is 0.632. The number of hydrogen-bond acceptors (Lipinski definition) is 1. The fourth-order valence-corrected chi connectivity index (χ4v) is 4.26. The summed E-state index contributed by atoms with van der Waals surface area (Å²) in [5, 5.41) is 0. The lowest BCUT2D eigenvalue weighted by atomic mass is 9.83. The highest BCUT2D eigenvalue weighted by Crippen LogP contribution is 2.37. The zero-order chi connectivity index (χ0) is 15.9. The summed E-state index contributed by atoms with van der Waals surface area (Å²) in [6.07, 6.45) is 10.00. The number of imidazole rings is 1. The SMILES string of the molecule is Cc1cc(Br)cn2c(CC(C)(C)C)c(C3CCCCC3)nc12. The molecule has 0 aliphatic heterocycles. The molecule has 0 aromatic carbocycles. The molecule has 22 heavy (non-hydrogen) atoms. The fourth-order valence-electron chi connectivity index (χ4n) is 3.71. The summed E-state index contributed by atoms with van der Waals surface area (Å²) in [4.78, 5) is 5.10. The minimum Gasteiger partial charge on any atom is -0.302 e. The van der Waals surface area contributed by atoms with Crippen molar-refractivity contribution in [1.29, 1.82) is 0 Å². The topological polar surface area (TPSA) is 17.3 Å². The summed E-state index contributed by atoms with van der Waals surface area (Å²) in [6, 6.07) is 2.17. The smallest absolute Gasteiger partial charge is 0.140 e. The molecule has 0 bridgehead atoms. The Morgan fingerprint density at radius 1 is 1.23 bits per heavy atom. The molecule has 2 aromatic heterocycles. The predicted octanol–water partition coefficient (Wildman–Crippen LogP) is 6.04. The maximum Gasteiger partial charge on any atom is 0.140 e. The molecule has 2 heterocycles. The van der Waals surface area contributed by atoms with Gasteiger partial charge in [-0.05, 0) is 59.2 Å². The third-order valence-corrected chi connectivity index (χ3v) is 5.12. The molecule has 120 valence electrons. The minimum atomic E-state index is 0.273. The van der Waals surface area contributed by atoms with Crippen LogP contribution in [0.5, 0.6) is 0 Å². The largest absolute Gasteiger partial charge is 0.302 e. The molecular formula is C19H27BrN2. The third-order valence-electron chi connectivity index (χ3n) is 4.69. The monoisotopic (exact) mass is 362 g/mol. The summed E-state index contributed by atoms with van der Waals surface area (Å²) >= 11 is 3.65. The molecule has 1 aliphatic rings. The Kier molecular flexibility index (Phi) is 4.37. The molecule has 2 nitrogen and oxygen atoms in total. The molecule has 3 rings (SSSR count). The van der Waals surface area contributed by atoms with Crippen LogP contribution < -0.4 is 0 Å². The summed E-state index contributed by atoms with van der Waals surface area (Å²) in [7, 11) is 0. The van der Waals surface area contributed by atoms with Gasteiger partial charge >= 0.3 is 0 Å². The van der Waals surface area contributed by atoms with Crippen molar-refractivity contribution in [3.8, 4) is 0 Å². The first-order valence-electron chi connectivity index (χ1n) is 8.52. The molecule has 2 aromatic rings. The van der Waals surface area contributed by atoms with Gasteiger partial charge in [0.25, 0.3) is 0 Å². The Bertz CT molecular complexity index is 673. The summed E-state index contributed by atoms with van der Waals surface area (Å²) in [5.41, 5.74) is 5.47. The number of aromatic nitrogens is 2. The highest BCUT2D eigenvalue weighted by Gasteiger charge is 2.26. The highest BCUT2D eigenvalue weighted by molar-refractivity contribution is 9.10. The van der Waals surface area contributed by atoms with Crippen molar-refractivity contribution in [3.63, 3.8) is 0 Å². The number of pyridine rings is 1. The van der Waals surface area contributed by atoms with E-state index in [1.165, 1.54) is 49.1 Å². The van der Waals surface area contributed by atoms with Gasteiger partial charge in [0.15, 0.2) is 0 Å². The van der Waals surface area contributed by atoms with Gasteiger partial charge in [0.1, 0.15) is 5.65 Å². The number of aryl methyl sites for hydroxylation is 1. The van der Waals surface area contributed by atoms with E-state index in [0.29, 0.717) is 5.92 Å². The van der Waals surface area contributed by atoms with E-state index >= 15 is 0 Å². The average Bonchev–Trinajstić information content (AvgIpc) is 2.77. The van der Waals surface area contributed by atoms with E-state index in [1.54, 1.807) is 0 Å². The van der Waals surface area contributed by atoms with Crippen molar-refractivity contribution in [2.24, 2.45) is 5.41 Å². The molecule has 1 aliphatic carbocycles. The van der Waals surface area contributed by atoms with Crippen LogP contribution in [0.3, 0.4) is 0 Å². The van der Waals surface area contributed by atoms with Crippen LogP contribution in [-0.4, -0.2) is 9.38 Å². The Hall–Kier alpha value is -0.830. The highest BCUT2D eigenvalue weighted by atomic mass is 79.9. The molecule has 3 heteroatoms. The van der Waals surface area contributed by atoms with Crippen LogP contribution in [0.1, 0.15) is 75.7 Å². The molecular weight excluding hydrogens is 336 g/mol. The summed E-state index contributed by atoms with van der Waals surface area (Å²) < 4.78 is 3.48. The standard InChI is InChI=1S/C19H27BrN2/c1-13-10-15(20)12-22-16(11-19(2,3)4)17(21-18(13)22)14-8-6-5-7-9-14/h10,12,14H,5-9,11H2,1-4H3. The summed E-state index contributed by atoms with van der Waals surface area (Å²) in [6.45, 7) is 9.13. The molecule has 1 saturated carbocycles. The molecule has 1 fully saturated rings. The van der Waals surface area contributed by atoms with Gasteiger partial charge in [0.2, 0.25) is 0 Å². The van der Waals surface area contributed by atoms with Crippen molar-refractivity contribution in [1.82, 2.24) is 9.38 Å². The van der Waals surface area contributed by atoms with E-state index in [2.05, 4.69) is 60.3 Å². The first-order valence-corrected chi connectivity index (χ1v) is 9.31. The van der Waals surface area contributed by atoms with Gasteiger partial charge in [0, 0.05) is 22.3 Å². The first kappa shape index (κ1) is 16.0. The van der Waals surface area contributed by atoms with Crippen LogP contribution in [-0.2, 0) is 6.42 Å². The number of rotatable bonds is 2. The molecule has 0 N–H and O–H groups in total. The number of hydrogen-bond donors (Lipinski definition) is 0. The van der Waals surface area contributed by atoms with Gasteiger partial charge in [0.05, 0.1) is 5.69 Å². The number of nitrogens with zero attached hydrogens (tertiary/aromatic N) is 2. The Morgan fingerprint density at radius 2 is 1.91 bits per heavy atom. The van der Waals surface area contributed by atoms with E-state index in [-0.39, 0.29) is 5.41 Å². The Labute approximate surface area is 142 Å². The first-order chi connectivity index (χ1) is 10.3. The van der Waals surface area contributed by atoms with Crippen LogP contribution in [0.15, 0.2) is 16.7 Å². The van der Waals surface area contributed by atoms with Crippen LogP contribution in [0.2, 0.25) is 0 Å². The molecule has 0 radical (unpaired) electrons. The normalized spacial score (nSPS) is 17.3. The van der Waals surface area contributed by atoms with Gasteiger partial charge in [-0.25, -0.2) is 4.98 Å². The lowest BCUT2D eigenvalue weighted by Crippen LogP contribution is -2.15. The molecule has 0 unspecified atom stereocenters. The second kappa shape index (κ2) is 5.99. The van der Waals surface area contributed by atoms with E-state index in [4.69, 9.17) is 4.98 Å². The Morgan fingerprint density at radius 3 is 2.55 bits per heavy atom. The van der Waals surface area contributed by atoms with Gasteiger partial charge in [-0.1, -0.05) is 40.0 Å². The van der Waals surface area contributed by atoms with Crippen LogP contribution >= 0.6 is 15.9 Å². The van der Waals surface area contributed by atoms with E-state index in [1.807, 2.05) is 0 Å². The van der Waals surface area contributed by atoms with E-state index in [0.717, 1.165) is 16.5 Å². The van der Waals surface area contributed by atoms with E-state index in [9.17, 15) is 0 Å². The minimum absolute atomic E-state index is 0.273. The van der Waals surface area contributed by atoms with Crippen molar-refractivity contribution in [2.45, 2.75) is 72.1 Å². The molecule has 0 saturated heterocycles. The molecule has 0 amide bonds. The second-order valence-corrected chi connectivity index (χ2v) is 8.97. The van der Waals surface area contributed by atoms with Crippen molar-refractivity contribution in [2.75, 3.05) is 0 Å². The van der Waals surface area contributed by atoms with Crippen molar-refractivity contribution < 1.29 is 0 Å². The predicted molar refractivity (Wildman–Crippen MR) is 96.6 cm³/mol. The van der Waals surface area contributed by atoms with E-state index < -0.39 is 0 Å². The van der Waals surface area contributed by atoms with Crippen molar-refractivity contribution in [3.05, 3.63) is 33.7 Å². The van der Waals surface area contributed by atoms with Crippen LogP contribution in [0.4, 0.5) is 0 Å². The van der Waals surface area contributed by atoms with Gasteiger partial charge in [-0.3, -0.25) is 0 Å². The molecule has 0 atom stereocenters. The van der Waals surface area contributed by atoms with Gasteiger partial charge < -0.3 is 4.40 Å². The number of halogens is 1. The van der Waals surface area contributed by atoms with Crippen LogP contribution in [0.25, 0.3) is 5.65 Å². The van der Waals surface area contributed by atoms with Crippen LogP contribution in [0, 0.1) is 12.3 Å². The maximum atomic E-state index is 5.10. The summed E-state index contributed by atoms with van der Waals surface area (Å²) in [5.74, 6) is 0.657. The second-order valence-electron chi connectivity index (χ2n) is 8.05. The van der Waals surface area contributed by atoms with Crippen molar-refractivity contribution >= 4 is 21.6 Å². The molecule has 0 spiro atoms. The zero-order valence-corrected chi connectivity index (χ0v) is 15.8. The lowest BCUT2D eigenvalue weighted by Gasteiger charge is -2.24. The zero-order valence-electron chi connectivity index (χ0n) is 14.2. The third kappa shape index (κ3) is 3.24. The Balaban J connectivity index is 2.16. The number of fused-ring (bicyclic) bond motifs is 1. The van der Waals surface area contributed by atoms with Gasteiger partial charge in [-0.15, -0.1) is 0 Å². The lowest BCUT2D eigenvalue weighted by molar-refractivity contribution is 0.393. The quantitative estimate of drug-likeness (QED) is 0.636.